The van der Waals surface area contributed by atoms with Crippen LogP contribution in [0.3, 0.4) is 0 Å². The van der Waals surface area contributed by atoms with Crippen molar-refractivity contribution in [3.05, 3.63) is 28.3 Å². The lowest BCUT2D eigenvalue weighted by Crippen LogP contribution is -2.00. The molecule has 0 saturated heterocycles. The number of aryl methyl sites for hydroxylation is 1. The van der Waals surface area contributed by atoms with Crippen LogP contribution in [-0.4, -0.2) is 15.0 Å². The molecule has 4 rings (SSSR count). The summed E-state index contributed by atoms with van der Waals surface area (Å²) in [5.41, 5.74) is 5.85. The zero-order valence-electron chi connectivity index (χ0n) is 11.4. The molecule has 20 heavy (non-hydrogen) atoms. The quantitative estimate of drug-likeness (QED) is 0.634. The molecule has 0 atom stereocenters. The summed E-state index contributed by atoms with van der Waals surface area (Å²) in [6.07, 6.45) is 4.81. The maximum atomic E-state index is 6.11. The lowest BCUT2D eigenvalue weighted by atomic mass is 9.99. The van der Waals surface area contributed by atoms with E-state index in [4.69, 9.17) is 21.0 Å². The second-order valence-corrected chi connectivity index (χ2v) is 5.94. The van der Waals surface area contributed by atoms with E-state index in [1.807, 2.05) is 0 Å². The molecule has 0 aliphatic heterocycles. The first-order chi connectivity index (χ1) is 9.66. The van der Waals surface area contributed by atoms with Gasteiger partial charge in [0.05, 0.1) is 11.1 Å². The normalized spacial score (nSPS) is 14.6. The van der Waals surface area contributed by atoms with Crippen LogP contribution >= 0.6 is 11.6 Å². The number of rotatable bonds is 1. The molecule has 0 spiro atoms. The van der Waals surface area contributed by atoms with Gasteiger partial charge in [-0.1, -0.05) is 25.4 Å². The maximum absolute atomic E-state index is 6.11. The smallest absolute Gasteiger partial charge is 0.229 e. The molecule has 0 amide bonds. The van der Waals surface area contributed by atoms with E-state index in [9.17, 15) is 0 Å². The Morgan fingerprint density at radius 3 is 2.80 bits per heavy atom. The Bertz CT molecular complexity index is 838. The lowest BCUT2D eigenvalue weighted by Gasteiger charge is -2.10. The third-order valence-electron chi connectivity index (χ3n) is 4.01. The van der Waals surface area contributed by atoms with Crippen molar-refractivity contribution >= 4 is 33.8 Å². The Hall–Kier alpha value is -1.68. The zero-order chi connectivity index (χ0) is 13.9. The van der Waals surface area contributed by atoms with Crippen molar-refractivity contribution in [3.8, 4) is 0 Å². The molecule has 3 aromatic rings. The number of aromatic nitrogens is 3. The Kier molecular flexibility index (Phi) is 2.51. The lowest BCUT2D eigenvalue weighted by molar-refractivity contribution is 0.644. The predicted octanol–water partition coefficient (Wildman–Crippen LogP) is 4.04. The molecule has 0 unspecified atom stereocenters. The van der Waals surface area contributed by atoms with Crippen molar-refractivity contribution in [3.63, 3.8) is 0 Å². The minimum absolute atomic E-state index is 0.353. The van der Waals surface area contributed by atoms with Gasteiger partial charge in [0, 0.05) is 0 Å². The fourth-order valence-corrected chi connectivity index (χ4v) is 3.35. The molecule has 0 bridgehead atoms. The van der Waals surface area contributed by atoms with Crippen LogP contribution in [-0.2, 0) is 12.8 Å². The number of halogens is 1. The van der Waals surface area contributed by atoms with E-state index in [1.54, 1.807) is 0 Å². The van der Waals surface area contributed by atoms with Crippen LogP contribution in [0.1, 0.15) is 43.0 Å². The van der Waals surface area contributed by atoms with Gasteiger partial charge in [0.1, 0.15) is 11.8 Å². The second-order valence-electron chi connectivity index (χ2n) is 5.59. The highest BCUT2D eigenvalue weighted by atomic mass is 35.5. The van der Waals surface area contributed by atoms with Gasteiger partial charge in [-0.2, -0.15) is 0 Å². The van der Waals surface area contributed by atoms with E-state index >= 15 is 0 Å². The predicted molar refractivity (Wildman–Crippen MR) is 78.2 cm³/mol. The number of fused-ring (bicyclic) bond motifs is 5. The molecular weight excluding hydrogens is 274 g/mol. The summed E-state index contributed by atoms with van der Waals surface area (Å²) in [6.45, 7) is 4.34. The highest BCUT2D eigenvalue weighted by Crippen LogP contribution is 2.39. The standard InChI is InChI=1S/C15H14ClN3O/c1-7(2)11-9-5-3-4-8(9)10-12-13(20-15(10)19-11)14(16)18-6-17-12/h6-7H,3-5H2,1-2H3. The number of furan rings is 1. The van der Waals surface area contributed by atoms with Gasteiger partial charge < -0.3 is 4.42 Å². The molecule has 4 nitrogen and oxygen atoms in total. The first kappa shape index (κ1) is 12.1. The minimum Gasteiger partial charge on any atom is -0.433 e. The van der Waals surface area contributed by atoms with E-state index in [1.165, 1.54) is 23.9 Å². The minimum atomic E-state index is 0.353. The Labute approximate surface area is 121 Å². The Morgan fingerprint density at radius 2 is 2.00 bits per heavy atom. The van der Waals surface area contributed by atoms with E-state index < -0.39 is 0 Å². The fourth-order valence-electron chi connectivity index (χ4n) is 3.18. The number of hydrogen-bond donors (Lipinski definition) is 0. The molecule has 0 N–H and O–H groups in total. The topological polar surface area (TPSA) is 51.8 Å². The monoisotopic (exact) mass is 287 g/mol. The third-order valence-corrected chi connectivity index (χ3v) is 4.28. The van der Waals surface area contributed by atoms with Crippen molar-refractivity contribution in [2.45, 2.75) is 39.0 Å². The number of hydrogen-bond acceptors (Lipinski definition) is 4. The van der Waals surface area contributed by atoms with Gasteiger partial charge in [0.15, 0.2) is 10.7 Å². The summed E-state index contributed by atoms with van der Waals surface area (Å²) in [5, 5.41) is 1.38. The molecule has 3 heterocycles. The highest BCUT2D eigenvalue weighted by molar-refractivity contribution is 6.34. The van der Waals surface area contributed by atoms with Crippen LogP contribution in [0.4, 0.5) is 0 Å². The molecular formula is C15H14ClN3O. The van der Waals surface area contributed by atoms with Crippen molar-refractivity contribution in [1.82, 2.24) is 15.0 Å². The van der Waals surface area contributed by atoms with Crippen molar-refractivity contribution in [2.24, 2.45) is 0 Å². The van der Waals surface area contributed by atoms with E-state index in [2.05, 4.69) is 23.8 Å². The first-order valence-corrected chi connectivity index (χ1v) is 7.29. The van der Waals surface area contributed by atoms with Crippen LogP contribution in [0, 0.1) is 0 Å². The largest absolute Gasteiger partial charge is 0.433 e. The second kappa shape index (κ2) is 4.16. The molecule has 1 aliphatic carbocycles. The Balaban J connectivity index is 2.20. The summed E-state index contributed by atoms with van der Waals surface area (Å²) in [7, 11) is 0. The van der Waals surface area contributed by atoms with Crippen LogP contribution in [0.2, 0.25) is 5.15 Å². The Morgan fingerprint density at radius 1 is 1.20 bits per heavy atom. The van der Waals surface area contributed by atoms with Gasteiger partial charge in [-0.3, -0.25) is 0 Å². The SMILES string of the molecule is CC(C)c1nc2oc3c(Cl)ncnc3c2c2c1CCC2. The van der Waals surface area contributed by atoms with Crippen LogP contribution < -0.4 is 0 Å². The molecule has 1 aliphatic rings. The van der Waals surface area contributed by atoms with Gasteiger partial charge >= 0.3 is 0 Å². The average molecular weight is 288 g/mol. The van der Waals surface area contributed by atoms with Crippen molar-refractivity contribution in [2.75, 3.05) is 0 Å². The van der Waals surface area contributed by atoms with Crippen LogP contribution in [0.15, 0.2) is 10.7 Å². The summed E-state index contributed by atoms with van der Waals surface area (Å²) < 4.78 is 5.83. The molecule has 102 valence electrons. The summed E-state index contributed by atoms with van der Waals surface area (Å²) in [5.74, 6) is 0.390. The number of pyridine rings is 1. The van der Waals surface area contributed by atoms with Crippen LogP contribution in [0.5, 0.6) is 0 Å². The molecule has 3 aromatic heterocycles. The molecule has 0 saturated carbocycles. The van der Waals surface area contributed by atoms with Crippen molar-refractivity contribution in [1.29, 1.82) is 0 Å². The van der Waals surface area contributed by atoms with Gasteiger partial charge in [-0.25, -0.2) is 15.0 Å². The average Bonchev–Trinajstić information content (AvgIpc) is 3.00. The maximum Gasteiger partial charge on any atom is 0.229 e. The first-order valence-electron chi connectivity index (χ1n) is 6.91. The molecule has 0 radical (unpaired) electrons. The van der Waals surface area contributed by atoms with E-state index in [0.29, 0.717) is 22.4 Å². The van der Waals surface area contributed by atoms with Crippen molar-refractivity contribution < 1.29 is 4.42 Å². The molecule has 5 heteroatoms. The van der Waals surface area contributed by atoms with Gasteiger partial charge in [-0.05, 0) is 36.3 Å². The van der Waals surface area contributed by atoms with E-state index in [0.717, 1.165) is 29.4 Å². The fraction of sp³-hybridized carbons (Fsp3) is 0.400. The number of nitrogens with zero attached hydrogens (tertiary/aromatic N) is 3. The van der Waals surface area contributed by atoms with E-state index in [-0.39, 0.29) is 0 Å². The highest BCUT2D eigenvalue weighted by Gasteiger charge is 2.25. The van der Waals surface area contributed by atoms with Crippen LogP contribution in [0.25, 0.3) is 22.2 Å². The van der Waals surface area contributed by atoms with Gasteiger partial charge in [0.25, 0.3) is 0 Å². The molecule has 0 fully saturated rings. The molecule has 0 aromatic carbocycles. The third kappa shape index (κ3) is 1.51. The van der Waals surface area contributed by atoms with Gasteiger partial charge in [-0.15, -0.1) is 0 Å². The zero-order valence-corrected chi connectivity index (χ0v) is 12.2. The summed E-state index contributed by atoms with van der Waals surface area (Å²) >= 11 is 6.11. The van der Waals surface area contributed by atoms with Gasteiger partial charge in [0.2, 0.25) is 5.71 Å². The summed E-state index contributed by atoms with van der Waals surface area (Å²) in [6, 6.07) is 0. The summed E-state index contributed by atoms with van der Waals surface area (Å²) in [4.78, 5) is 13.1.